The molecule has 0 bridgehead atoms. The molecule has 30 heavy (non-hydrogen) atoms. The van der Waals surface area contributed by atoms with E-state index in [4.69, 9.17) is 4.98 Å². The van der Waals surface area contributed by atoms with Gasteiger partial charge in [-0.2, -0.15) is 0 Å². The first kappa shape index (κ1) is 17.1. The van der Waals surface area contributed by atoms with Gasteiger partial charge in [0.05, 0.1) is 5.52 Å². The molecule has 1 fully saturated rings. The van der Waals surface area contributed by atoms with E-state index in [9.17, 15) is 4.79 Å². The number of aromatic nitrogens is 3. The average molecular weight is 389 g/mol. The summed E-state index contributed by atoms with van der Waals surface area (Å²) in [5.74, 6) is 0.284. The van der Waals surface area contributed by atoms with Crippen LogP contribution in [0.5, 0.6) is 0 Å². The van der Waals surface area contributed by atoms with Crippen LogP contribution in [0.3, 0.4) is 0 Å². The molecule has 0 unspecified atom stereocenters. The summed E-state index contributed by atoms with van der Waals surface area (Å²) in [6.07, 6.45) is 6.48. The van der Waals surface area contributed by atoms with Gasteiger partial charge in [-0.1, -0.05) is 42.5 Å². The standard InChI is InChI=1S/C26H19N3O/c30-26-21-8-3-7-19(18-6-4-13-27-16-18)20(21)12-14-29(26)25-15-22(25)24-11-10-17-5-1-2-9-23(17)28-24/h1-14,16,22,25H,15H2/t22-,25-/m1/s1. The van der Waals surface area contributed by atoms with Gasteiger partial charge in [-0.15, -0.1) is 0 Å². The minimum atomic E-state index is 0.0616. The lowest BCUT2D eigenvalue weighted by Gasteiger charge is -2.10. The molecule has 0 saturated heterocycles. The third kappa shape index (κ3) is 2.72. The van der Waals surface area contributed by atoms with Crippen LogP contribution in [0.25, 0.3) is 32.8 Å². The molecule has 4 heteroatoms. The first-order chi connectivity index (χ1) is 14.8. The summed E-state index contributed by atoms with van der Waals surface area (Å²) in [4.78, 5) is 22.4. The quantitative estimate of drug-likeness (QED) is 0.418. The molecule has 0 amide bonds. The molecule has 1 saturated carbocycles. The molecule has 0 spiro atoms. The van der Waals surface area contributed by atoms with Crippen LogP contribution in [-0.2, 0) is 0 Å². The summed E-state index contributed by atoms with van der Waals surface area (Å²) in [5, 5.41) is 2.85. The molecule has 1 aliphatic rings. The van der Waals surface area contributed by atoms with Crippen LogP contribution in [-0.4, -0.2) is 14.5 Å². The molecule has 6 rings (SSSR count). The Balaban J connectivity index is 1.39. The van der Waals surface area contributed by atoms with Gasteiger partial charge in [0.1, 0.15) is 0 Å². The summed E-state index contributed by atoms with van der Waals surface area (Å²) in [6.45, 7) is 0. The van der Waals surface area contributed by atoms with E-state index in [0.717, 1.165) is 44.9 Å². The first-order valence-electron chi connectivity index (χ1n) is 10.2. The fourth-order valence-corrected chi connectivity index (χ4v) is 4.42. The minimum absolute atomic E-state index is 0.0616. The Morgan fingerprint density at radius 2 is 1.80 bits per heavy atom. The number of rotatable bonds is 3. The van der Waals surface area contributed by atoms with E-state index < -0.39 is 0 Å². The van der Waals surface area contributed by atoms with Crippen LogP contribution in [0.1, 0.15) is 24.1 Å². The van der Waals surface area contributed by atoms with E-state index in [1.807, 2.05) is 65.5 Å². The number of benzene rings is 2. The topological polar surface area (TPSA) is 47.8 Å². The first-order valence-corrected chi connectivity index (χ1v) is 10.2. The molecule has 2 atom stereocenters. The summed E-state index contributed by atoms with van der Waals surface area (Å²) in [6, 6.07) is 24.4. The van der Waals surface area contributed by atoms with Gasteiger partial charge >= 0.3 is 0 Å². The van der Waals surface area contributed by atoms with Gasteiger partial charge in [0.2, 0.25) is 0 Å². The number of pyridine rings is 3. The lowest BCUT2D eigenvalue weighted by Crippen LogP contribution is -2.19. The lowest BCUT2D eigenvalue weighted by molar-refractivity contribution is 0.688. The van der Waals surface area contributed by atoms with E-state index in [1.54, 1.807) is 6.20 Å². The van der Waals surface area contributed by atoms with Crippen molar-refractivity contribution >= 4 is 21.7 Å². The van der Waals surface area contributed by atoms with Crippen molar-refractivity contribution in [3.63, 3.8) is 0 Å². The molecule has 0 aliphatic heterocycles. The summed E-state index contributed by atoms with van der Waals surface area (Å²) >= 11 is 0. The monoisotopic (exact) mass is 389 g/mol. The Bertz CT molecular complexity index is 1460. The highest BCUT2D eigenvalue weighted by Gasteiger charge is 2.41. The minimum Gasteiger partial charge on any atom is -0.311 e. The Hall–Kier alpha value is -3.79. The predicted molar refractivity (Wildman–Crippen MR) is 120 cm³/mol. The normalized spacial score (nSPS) is 18.0. The van der Waals surface area contributed by atoms with E-state index >= 15 is 0 Å². The maximum absolute atomic E-state index is 13.3. The Labute approximate surface area is 173 Å². The third-order valence-electron chi connectivity index (χ3n) is 6.06. The number of para-hydroxylation sites is 1. The van der Waals surface area contributed by atoms with E-state index in [1.165, 1.54) is 0 Å². The zero-order valence-electron chi connectivity index (χ0n) is 16.3. The molecule has 1 aliphatic carbocycles. The zero-order chi connectivity index (χ0) is 20.1. The molecule has 144 valence electrons. The second kappa shape index (κ2) is 6.63. The molecule has 3 heterocycles. The highest BCUT2D eigenvalue weighted by Crippen LogP contribution is 2.50. The van der Waals surface area contributed by atoms with Gasteiger partial charge in [-0.25, -0.2) is 0 Å². The van der Waals surface area contributed by atoms with Crippen molar-refractivity contribution in [2.75, 3.05) is 0 Å². The SMILES string of the molecule is O=c1c2cccc(-c3cccnc3)c2ccn1[C@@H]1C[C@@H]1c1ccc2ccccc2n1. The van der Waals surface area contributed by atoms with Crippen molar-refractivity contribution in [3.8, 4) is 11.1 Å². The van der Waals surface area contributed by atoms with Crippen molar-refractivity contribution in [1.29, 1.82) is 0 Å². The van der Waals surface area contributed by atoms with Gasteiger partial charge in [-0.3, -0.25) is 14.8 Å². The molecule has 0 N–H and O–H groups in total. The van der Waals surface area contributed by atoms with Crippen molar-refractivity contribution < 1.29 is 0 Å². The molecule has 0 radical (unpaired) electrons. The van der Waals surface area contributed by atoms with Crippen molar-refractivity contribution in [2.24, 2.45) is 0 Å². The van der Waals surface area contributed by atoms with Crippen LogP contribution in [0.2, 0.25) is 0 Å². The molecular weight excluding hydrogens is 370 g/mol. The fraction of sp³-hybridized carbons (Fsp3) is 0.115. The summed E-state index contributed by atoms with van der Waals surface area (Å²) in [7, 11) is 0. The highest BCUT2D eigenvalue weighted by molar-refractivity contribution is 5.95. The van der Waals surface area contributed by atoms with Crippen LogP contribution in [0.4, 0.5) is 0 Å². The fourth-order valence-electron chi connectivity index (χ4n) is 4.42. The second-order valence-electron chi connectivity index (χ2n) is 7.88. The van der Waals surface area contributed by atoms with Crippen LogP contribution in [0, 0.1) is 0 Å². The number of nitrogens with zero attached hydrogens (tertiary/aromatic N) is 3. The van der Waals surface area contributed by atoms with Crippen LogP contribution in [0.15, 0.2) is 96.2 Å². The maximum Gasteiger partial charge on any atom is 0.258 e. The van der Waals surface area contributed by atoms with Gasteiger partial charge < -0.3 is 4.57 Å². The Morgan fingerprint density at radius 3 is 2.70 bits per heavy atom. The van der Waals surface area contributed by atoms with Crippen LogP contribution < -0.4 is 5.56 Å². The lowest BCUT2D eigenvalue weighted by atomic mass is 10.0. The van der Waals surface area contributed by atoms with Crippen molar-refractivity contribution in [1.82, 2.24) is 14.5 Å². The van der Waals surface area contributed by atoms with Gasteiger partial charge in [0.25, 0.3) is 5.56 Å². The zero-order valence-corrected chi connectivity index (χ0v) is 16.3. The number of hydrogen-bond donors (Lipinski definition) is 0. The maximum atomic E-state index is 13.3. The number of fused-ring (bicyclic) bond motifs is 2. The largest absolute Gasteiger partial charge is 0.311 e. The molecule has 4 nitrogen and oxygen atoms in total. The van der Waals surface area contributed by atoms with Gasteiger partial charge in [-0.05, 0) is 47.7 Å². The summed E-state index contributed by atoms with van der Waals surface area (Å²) < 4.78 is 1.89. The molecule has 5 aromatic rings. The third-order valence-corrected chi connectivity index (χ3v) is 6.06. The number of hydrogen-bond acceptors (Lipinski definition) is 3. The van der Waals surface area contributed by atoms with E-state index in [-0.39, 0.29) is 17.5 Å². The second-order valence-corrected chi connectivity index (χ2v) is 7.88. The molecular formula is C26H19N3O. The predicted octanol–water partition coefficient (Wildman–Crippen LogP) is 5.34. The van der Waals surface area contributed by atoms with Crippen LogP contribution >= 0.6 is 0 Å². The average Bonchev–Trinajstić information content (AvgIpc) is 3.60. The Kier molecular flexibility index (Phi) is 3.78. The van der Waals surface area contributed by atoms with Crippen molar-refractivity contribution in [2.45, 2.75) is 18.4 Å². The van der Waals surface area contributed by atoms with Gasteiger partial charge in [0.15, 0.2) is 0 Å². The smallest absolute Gasteiger partial charge is 0.258 e. The van der Waals surface area contributed by atoms with E-state index in [2.05, 4.69) is 29.2 Å². The molecule has 3 aromatic heterocycles. The highest BCUT2D eigenvalue weighted by atomic mass is 16.1. The molecule has 2 aromatic carbocycles. The summed E-state index contributed by atoms with van der Waals surface area (Å²) in [5.41, 5.74) is 4.19. The van der Waals surface area contributed by atoms with E-state index in [0.29, 0.717) is 0 Å². The Morgan fingerprint density at radius 1 is 0.867 bits per heavy atom. The van der Waals surface area contributed by atoms with Gasteiger partial charge in [0, 0.05) is 52.6 Å². The van der Waals surface area contributed by atoms with Crippen molar-refractivity contribution in [3.05, 3.63) is 107 Å².